The van der Waals surface area contributed by atoms with Crippen LogP contribution in [0.1, 0.15) is 11.1 Å². The molecule has 41 heavy (non-hydrogen) atoms. The molecule has 0 aliphatic carbocycles. The number of anilines is 4. The molecule has 2 aromatic carbocycles. The SMILES string of the molecule is C=CCN1CCN(c2cccc(C(F)(F)F)c2NNc2c(N3CCN(CCOC)CC3)cccc2C(F)(F)F)CC1. The van der Waals surface area contributed by atoms with Crippen LogP contribution in [-0.4, -0.2) is 89.0 Å². The number of alkyl halides is 6. The molecule has 2 aliphatic rings. The summed E-state index contributed by atoms with van der Waals surface area (Å²) in [6, 6.07) is 7.60. The van der Waals surface area contributed by atoms with Crippen LogP contribution in [0, 0.1) is 0 Å². The Labute approximate surface area is 236 Å². The third-order valence-electron chi connectivity index (χ3n) is 7.43. The van der Waals surface area contributed by atoms with Crippen molar-refractivity contribution in [2.75, 3.05) is 99.8 Å². The molecule has 0 spiro atoms. The van der Waals surface area contributed by atoms with Gasteiger partial charge < -0.3 is 14.5 Å². The number of hydrazine groups is 1. The van der Waals surface area contributed by atoms with Gasteiger partial charge in [-0.2, -0.15) is 26.3 Å². The molecule has 2 saturated heterocycles. The van der Waals surface area contributed by atoms with Crippen LogP contribution >= 0.6 is 0 Å². The number of nitrogens with one attached hydrogen (secondary N) is 2. The van der Waals surface area contributed by atoms with Crippen LogP contribution in [0.4, 0.5) is 49.1 Å². The van der Waals surface area contributed by atoms with E-state index in [1.165, 1.54) is 12.1 Å². The second-order valence-corrected chi connectivity index (χ2v) is 10.0. The Morgan fingerprint density at radius 1 is 0.732 bits per heavy atom. The van der Waals surface area contributed by atoms with E-state index in [9.17, 15) is 26.3 Å². The first kappa shape index (κ1) is 30.8. The van der Waals surface area contributed by atoms with Crippen LogP contribution in [0.25, 0.3) is 0 Å². The molecule has 0 saturated carbocycles. The van der Waals surface area contributed by atoms with Crippen molar-refractivity contribution in [1.29, 1.82) is 0 Å². The van der Waals surface area contributed by atoms with Crippen LogP contribution in [0.2, 0.25) is 0 Å². The minimum absolute atomic E-state index is 0.266. The van der Waals surface area contributed by atoms with Gasteiger partial charge in [-0.05, 0) is 24.3 Å². The molecule has 226 valence electrons. The third kappa shape index (κ3) is 7.57. The van der Waals surface area contributed by atoms with Gasteiger partial charge in [-0.15, -0.1) is 6.58 Å². The fourth-order valence-corrected chi connectivity index (χ4v) is 5.25. The highest BCUT2D eigenvalue weighted by molar-refractivity contribution is 5.80. The molecule has 4 rings (SSSR count). The molecule has 0 unspecified atom stereocenters. The lowest BCUT2D eigenvalue weighted by molar-refractivity contribution is -0.137. The van der Waals surface area contributed by atoms with Crippen LogP contribution in [0.3, 0.4) is 0 Å². The first-order chi connectivity index (χ1) is 19.5. The Hall–Kier alpha value is -3.16. The number of benzene rings is 2. The standard InChI is InChI=1S/C28H36F6N6O/c1-3-10-37-11-15-39(16-12-37)23-8-4-6-21(27(29,30)31)25(23)35-36-26-22(28(32,33)34)7-5-9-24(26)40-17-13-38(14-18-40)19-20-41-2/h3-9,35-36H,1,10-20H2,2H3. The summed E-state index contributed by atoms with van der Waals surface area (Å²) >= 11 is 0. The van der Waals surface area contributed by atoms with E-state index in [-0.39, 0.29) is 22.7 Å². The summed E-state index contributed by atoms with van der Waals surface area (Å²) < 4.78 is 90.0. The molecular formula is C28H36F6N6O. The van der Waals surface area contributed by atoms with E-state index in [2.05, 4.69) is 27.2 Å². The molecule has 2 fully saturated rings. The van der Waals surface area contributed by atoms with E-state index in [1.54, 1.807) is 25.3 Å². The van der Waals surface area contributed by atoms with Gasteiger partial charge in [0.15, 0.2) is 0 Å². The highest BCUT2D eigenvalue weighted by Crippen LogP contribution is 2.43. The van der Waals surface area contributed by atoms with Crippen molar-refractivity contribution in [3.63, 3.8) is 0 Å². The Bertz CT molecular complexity index is 1160. The van der Waals surface area contributed by atoms with Crippen LogP contribution < -0.4 is 20.7 Å². The molecule has 0 aromatic heterocycles. The summed E-state index contributed by atoms with van der Waals surface area (Å²) in [5, 5.41) is 0. The van der Waals surface area contributed by atoms with E-state index < -0.39 is 23.5 Å². The maximum Gasteiger partial charge on any atom is 0.418 e. The number of methoxy groups -OCH3 is 1. The van der Waals surface area contributed by atoms with Crippen molar-refractivity contribution in [2.45, 2.75) is 12.4 Å². The van der Waals surface area contributed by atoms with Crippen molar-refractivity contribution in [2.24, 2.45) is 0 Å². The Balaban J connectivity index is 1.65. The van der Waals surface area contributed by atoms with Gasteiger partial charge in [-0.1, -0.05) is 18.2 Å². The molecule has 2 aliphatic heterocycles. The number of para-hydroxylation sites is 2. The molecule has 13 heteroatoms. The van der Waals surface area contributed by atoms with Gasteiger partial charge in [0.1, 0.15) is 0 Å². The molecule has 0 bridgehead atoms. The summed E-state index contributed by atoms with van der Waals surface area (Å²) in [6.45, 7) is 9.95. The largest absolute Gasteiger partial charge is 0.418 e. The lowest BCUT2D eigenvalue weighted by Crippen LogP contribution is -2.47. The average Bonchev–Trinajstić information content (AvgIpc) is 2.94. The maximum atomic E-state index is 14.2. The predicted molar refractivity (Wildman–Crippen MR) is 150 cm³/mol. The molecule has 7 nitrogen and oxygen atoms in total. The first-order valence-electron chi connectivity index (χ1n) is 13.5. The van der Waals surface area contributed by atoms with Crippen molar-refractivity contribution < 1.29 is 31.1 Å². The zero-order valence-electron chi connectivity index (χ0n) is 23.0. The minimum Gasteiger partial charge on any atom is -0.383 e. The van der Waals surface area contributed by atoms with Gasteiger partial charge in [0.05, 0.1) is 40.5 Å². The van der Waals surface area contributed by atoms with Crippen molar-refractivity contribution >= 4 is 22.7 Å². The molecule has 0 atom stereocenters. The smallest absolute Gasteiger partial charge is 0.383 e. The highest BCUT2D eigenvalue weighted by atomic mass is 19.4. The number of hydrogen-bond donors (Lipinski definition) is 2. The minimum atomic E-state index is -4.73. The number of halogens is 6. The Morgan fingerprint density at radius 2 is 1.17 bits per heavy atom. The third-order valence-corrected chi connectivity index (χ3v) is 7.43. The second-order valence-electron chi connectivity index (χ2n) is 10.0. The summed E-state index contributed by atoms with van der Waals surface area (Å²) in [5.74, 6) is 0. The van der Waals surface area contributed by atoms with Crippen LogP contribution in [0.15, 0.2) is 49.1 Å². The number of nitrogens with zero attached hydrogens (tertiary/aromatic N) is 4. The molecule has 0 amide bonds. The average molecular weight is 587 g/mol. The Kier molecular flexibility index (Phi) is 9.92. The molecule has 2 heterocycles. The van der Waals surface area contributed by atoms with Crippen molar-refractivity contribution in [3.05, 3.63) is 60.2 Å². The molecule has 2 aromatic rings. The number of piperazine rings is 2. The Morgan fingerprint density at radius 3 is 1.56 bits per heavy atom. The maximum absolute atomic E-state index is 14.2. The number of rotatable bonds is 10. The summed E-state index contributed by atoms with van der Waals surface area (Å²) in [4.78, 5) is 7.91. The number of hydrogen-bond acceptors (Lipinski definition) is 7. The van der Waals surface area contributed by atoms with Crippen molar-refractivity contribution in [3.8, 4) is 0 Å². The van der Waals surface area contributed by atoms with Crippen molar-refractivity contribution in [1.82, 2.24) is 9.80 Å². The molecule has 0 radical (unpaired) electrons. The van der Waals surface area contributed by atoms with Gasteiger partial charge in [0, 0.05) is 72.6 Å². The predicted octanol–water partition coefficient (Wildman–Crippen LogP) is 5.24. The lowest BCUT2D eigenvalue weighted by atomic mass is 10.1. The van der Waals surface area contributed by atoms with Crippen LogP contribution in [-0.2, 0) is 17.1 Å². The van der Waals surface area contributed by atoms with E-state index in [0.29, 0.717) is 72.1 Å². The van der Waals surface area contributed by atoms with E-state index >= 15 is 0 Å². The van der Waals surface area contributed by atoms with Gasteiger partial charge >= 0.3 is 12.4 Å². The fraction of sp³-hybridized carbons (Fsp3) is 0.500. The summed E-state index contributed by atoms with van der Waals surface area (Å²) in [7, 11) is 1.61. The quantitative estimate of drug-likeness (QED) is 0.224. The van der Waals surface area contributed by atoms with E-state index in [4.69, 9.17) is 4.74 Å². The van der Waals surface area contributed by atoms with Gasteiger partial charge in [-0.25, -0.2) is 0 Å². The topological polar surface area (TPSA) is 46.2 Å². The monoisotopic (exact) mass is 586 g/mol. The normalized spacial score (nSPS) is 17.5. The van der Waals surface area contributed by atoms with Gasteiger partial charge in [0.2, 0.25) is 0 Å². The zero-order chi connectivity index (χ0) is 29.6. The van der Waals surface area contributed by atoms with Gasteiger partial charge in [0.25, 0.3) is 0 Å². The fourth-order valence-electron chi connectivity index (χ4n) is 5.25. The second kappa shape index (κ2) is 13.2. The number of ether oxygens (including phenoxy) is 1. The zero-order valence-corrected chi connectivity index (χ0v) is 23.0. The summed E-state index contributed by atoms with van der Waals surface area (Å²) in [5.41, 5.74) is 3.12. The summed E-state index contributed by atoms with van der Waals surface area (Å²) in [6.07, 6.45) is -7.68. The lowest BCUT2D eigenvalue weighted by Gasteiger charge is -2.38. The van der Waals surface area contributed by atoms with Crippen LogP contribution in [0.5, 0.6) is 0 Å². The van der Waals surface area contributed by atoms with Gasteiger partial charge in [-0.3, -0.25) is 20.7 Å². The first-order valence-corrected chi connectivity index (χ1v) is 13.5. The molecular weight excluding hydrogens is 550 g/mol. The highest BCUT2D eigenvalue weighted by Gasteiger charge is 2.38. The van der Waals surface area contributed by atoms with E-state index in [1.807, 2.05) is 9.80 Å². The molecule has 2 N–H and O–H groups in total. The van der Waals surface area contributed by atoms with E-state index in [0.717, 1.165) is 12.1 Å².